The summed E-state index contributed by atoms with van der Waals surface area (Å²) in [7, 11) is 0. The lowest BCUT2D eigenvalue weighted by Crippen LogP contribution is -2.50. The van der Waals surface area contributed by atoms with E-state index in [0.29, 0.717) is 31.7 Å². The van der Waals surface area contributed by atoms with Gasteiger partial charge in [-0.25, -0.2) is 8.78 Å². The van der Waals surface area contributed by atoms with E-state index in [1.54, 1.807) is 17.0 Å². The van der Waals surface area contributed by atoms with Crippen LogP contribution in [0.15, 0.2) is 42.5 Å². The number of carbonyl (C=O) groups is 3. The average Bonchev–Trinajstić information content (AvgIpc) is 3.14. The van der Waals surface area contributed by atoms with E-state index in [2.05, 4.69) is 4.90 Å². The molecule has 0 N–H and O–H groups in total. The van der Waals surface area contributed by atoms with Crippen molar-refractivity contribution in [3.63, 3.8) is 0 Å². The summed E-state index contributed by atoms with van der Waals surface area (Å²) < 4.78 is 27.0. The average molecular weight is 427 g/mol. The molecule has 0 bridgehead atoms. The molecule has 2 fully saturated rings. The van der Waals surface area contributed by atoms with Crippen molar-refractivity contribution in [3.8, 4) is 0 Å². The van der Waals surface area contributed by atoms with Gasteiger partial charge in [0, 0.05) is 62.1 Å². The lowest BCUT2D eigenvalue weighted by atomic mass is 10.1. The second-order valence-electron chi connectivity index (χ2n) is 7.95. The molecule has 0 spiro atoms. The maximum Gasteiger partial charge on any atom is 0.228 e. The Kier molecular flexibility index (Phi) is 5.71. The van der Waals surface area contributed by atoms with Gasteiger partial charge in [-0.2, -0.15) is 0 Å². The van der Waals surface area contributed by atoms with Crippen LogP contribution in [0.25, 0.3) is 0 Å². The van der Waals surface area contributed by atoms with Gasteiger partial charge in [0.25, 0.3) is 0 Å². The number of anilines is 2. The number of rotatable bonds is 4. The first-order valence-electron chi connectivity index (χ1n) is 10.2. The SMILES string of the molecule is CC(=O)c1ccc(N2CCN(C(=O)C3CC(=O)N(c4cc(F)cc(F)c4)C3)CC2)cc1. The van der Waals surface area contributed by atoms with Crippen molar-refractivity contribution in [1.29, 1.82) is 0 Å². The van der Waals surface area contributed by atoms with Gasteiger partial charge in [0.05, 0.1) is 5.92 Å². The summed E-state index contributed by atoms with van der Waals surface area (Å²) in [5, 5.41) is 0. The van der Waals surface area contributed by atoms with Gasteiger partial charge in [0.15, 0.2) is 5.78 Å². The molecule has 31 heavy (non-hydrogen) atoms. The topological polar surface area (TPSA) is 60.9 Å². The predicted molar refractivity (Wildman–Crippen MR) is 112 cm³/mol. The lowest BCUT2D eigenvalue weighted by molar-refractivity contribution is -0.136. The van der Waals surface area contributed by atoms with Crippen LogP contribution in [-0.2, 0) is 9.59 Å². The van der Waals surface area contributed by atoms with Crippen LogP contribution in [0.2, 0.25) is 0 Å². The molecule has 6 nitrogen and oxygen atoms in total. The Morgan fingerprint density at radius 2 is 1.52 bits per heavy atom. The third kappa shape index (κ3) is 4.42. The minimum atomic E-state index is -0.759. The number of carbonyl (C=O) groups excluding carboxylic acids is 3. The Hall–Kier alpha value is -3.29. The summed E-state index contributed by atoms with van der Waals surface area (Å²) in [6, 6.07) is 10.3. The molecule has 2 aromatic carbocycles. The summed E-state index contributed by atoms with van der Waals surface area (Å²) in [5.74, 6) is -2.45. The van der Waals surface area contributed by atoms with Gasteiger partial charge in [-0.15, -0.1) is 0 Å². The van der Waals surface area contributed by atoms with Crippen LogP contribution >= 0.6 is 0 Å². The van der Waals surface area contributed by atoms with Crippen molar-refractivity contribution >= 4 is 29.0 Å². The third-order valence-electron chi connectivity index (χ3n) is 5.86. The van der Waals surface area contributed by atoms with Crippen LogP contribution in [0.5, 0.6) is 0 Å². The smallest absolute Gasteiger partial charge is 0.228 e. The fraction of sp³-hybridized carbons (Fsp3) is 0.348. The summed E-state index contributed by atoms with van der Waals surface area (Å²) >= 11 is 0. The minimum Gasteiger partial charge on any atom is -0.368 e. The van der Waals surface area contributed by atoms with Crippen molar-refractivity contribution in [1.82, 2.24) is 4.90 Å². The molecule has 2 heterocycles. The van der Waals surface area contributed by atoms with Gasteiger partial charge >= 0.3 is 0 Å². The van der Waals surface area contributed by atoms with Gasteiger partial charge < -0.3 is 14.7 Å². The third-order valence-corrected chi connectivity index (χ3v) is 5.86. The number of hydrogen-bond donors (Lipinski definition) is 0. The molecule has 1 atom stereocenters. The van der Waals surface area contributed by atoms with E-state index in [9.17, 15) is 23.2 Å². The Morgan fingerprint density at radius 3 is 2.10 bits per heavy atom. The lowest BCUT2D eigenvalue weighted by Gasteiger charge is -2.37. The first-order chi connectivity index (χ1) is 14.8. The van der Waals surface area contributed by atoms with Gasteiger partial charge in [-0.3, -0.25) is 14.4 Å². The molecule has 2 aliphatic rings. The molecule has 2 aliphatic heterocycles. The van der Waals surface area contributed by atoms with Crippen molar-refractivity contribution < 1.29 is 23.2 Å². The number of ketones is 1. The van der Waals surface area contributed by atoms with Crippen molar-refractivity contribution in [3.05, 3.63) is 59.7 Å². The number of nitrogens with zero attached hydrogens (tertiary/aromatic N) is 3. The number of hydrogen-bond acceptors (Lipinski definition) is 4. The molecule has 162 valence electrons. The standard InChI is InChI=1S/C23H23F2N3O3/c1-15(29)16-2-4-20(5-3-16)26-6-8-27(9-7-26)23(31)17-10-22(30)28(14-17)21-12-18(24)11-19(25)13-21/h2-5,11-13,17H,6-10,14H2,1H3. The molecule has 4 rings (SSSR count). The second-order valence-corrected chi connectivity index (χ2v) is 7.95. The molecule has 2 aromatic rings. The van der Waals surface area contributed by atoms with E-state index in [-0.39, 0.29) is 36.3 Å². The Balaban J connectivity index is 1.36. The summed E-state index contributed by atoms with van der Waals surface area (Å²) in [5.41, 5.74) is 1.79. The number of benzene rings is 2. The van der Waals surface area contributed by atoms with E-state index in [4.69, 9.17) is 0 Å². The normalized spacial score (nSPS) is 19.1. The fourth-order valence-corrected chi connectivity index (χ4v) is 4.17. The van der Waals surface area contributed by atoms with Crippen molar-refractivity contribution in [2.75, 3.05) is 42.5 Å². The molecule has 2 saturated heterocycles. The van der Waals surface area contributed by atoms with Crippen molar-refractivity contribution in [2.45, 2.75) is 13.3 Å². The largest absolute Gasteiger partial charge is 0.368 e. The van der Waals surface area contributed by atoms with Crippen LogP contribution in [0, 0.1) is 17.6 Å². The van der Waals surface area contributed by atoms with Crippen LogP contribution < -0.4 is 9.80 Å². The van der Waals surface area contributed by atoms with Gasteiger partial charge in [0.2, 0.25) is 11.8 Å². The number of Topliss-reactive ketones (excluding diaryl/α,β-unsaturated/α-hetero) is 1. The number of piperazine rings is 1. The highest BCUT2D eigenvalue weighted by molar-refractivity contribution is 6.00. The van der Waals surface area contributed by atoms with Crippen molar-refractivity contribution in [2.24, 2.45) is 5.92 Å². The molecule has 8 heteroatoms. The zero-order valence-electron chi connectivity index (χ0n) is 17.2. The highest BCUT2D eigenvalue weighted by Crippen LogP contribution is 2.28. The maximum absolute atomic E-state index is 13.5. The molecule has 1 unspecified atom stereocenters. The van der Waals surface area contributed by atoms with E-state index >= 15 is 0 Å². The van der Waals surface area contributed by atoms with Crippen LogP contribution in [-0.4, -0.2) is 55.2 Å². The zero-order valence-corrected chi connectivity index (χ0v) is 17.2. The van der Waals surface area contributed by atoms with Crippen LogP contribution in [0.1, 0.15) is 23.7 Å². The molecular weight excluding hydrogens is 404 g/mol. The van der Waals surface area contributed by atoms with E-state index in [1.807, 2.05) is 12.1 Å². The fourth-order valence-electron chi connectivity index (χ4n) is 4.17. The Bertz CT molecular complexity index is 997. The number of amides is 2. The molecule has 0 saturated carbocycles. The molecule has 2 amide bonds. The first-order valence-corrected chi connectivity index (χ1v) is 10.2. The summed E-state index contributed by atoms with van der Waals surface area (Å²) in [4.78, 5) is 41.9. The van der Waals surface area contributed by atoms with Gasteiger partial charge in [-0.05, 0) is 43.3 Å². The first kappa shape index (κ1) is 21.0. The summed E-state index contributed by atoms with van der Waals surface area (Å²) in [6.45, 7) is 3.97. The predicted octanol–water partition coefficient (Wildman–Crippen LogP) is 2.87. The van der Waals surface area contributed by atoms with Gasteiger partial charge in [-0.1, -0.05) is 0 Å². The van der Waals surface area contributed by atoms with Crippen LogP contribution in [0.4, 0.5) is 20.2 Å². The molecule has 0 aromatic heterocycles. The molecule has 0 aliphatic carbocycles. The zero-order chi connectivity index (χ0) is 22.1. The molecule has 0 radical (unpaired) electrons. The minimum absolute atomic E-state index is 0.0168. The van der Waals surface area contributed by atoms with E-state index < -0.39 is 17.6 Å². The summed E-state index contributed by atoms with van der Waals surface area (Å²) in [6.07, 6.45) is 0.0314. The Morgan fingerprint density at radius 1 is 0.903 bits per heavy atom. The van der Waals surface area contributed by atoms with E-state index in [1.165, 1.54) is 11.8 Å². The van der Waals surface area contributed by atoms with E-state index in [0.717, 1.165) is 23.9 Å². The monoisotopic (exact) mass is 427 g/mol. The van der Waals surface area contributed by atoms with Gasteiger partial charge in [0.1, 0.15) is 11.6 Å². The maximum atomic E-state index is 13.5. The second kappa shape index (κ2) is 8.45. The Labute approximate surface area is 179 Å². The quantitative estimate of drug-likeness (QED) is 0.704. The highest BCUT2D eigenvalue weighted by Gasteiger charge is 2.38. The highest BCUT2D eigenvalue weighted by atomic mass is 19.1. The molecular formula is C23H23F2N3O3. The number of halogens is 2. The van der Waals surface area contributed by atoms with Crippen LogP contribution in [0.3, 0.4) is 0 Å².